The second kappa shape index (κ2) is 6.67. The van der Waals surface area contributed by atoms with Gasteiger partial charge in [-0.25, -0.2) is 4.99 Å². The van der Waals surface area contributed by atoms with Crippen molar-refractivity contribution in [3.05, 3.63) is 20.8 Å². The molecule has 0 saturated carbocycles. The van der Waals surface area contributed by atoms with Gasteiger partial charge in [0, 0.05) is 31.7 Å². The van der Waals surface area contributed by atoms with Crippen LogP contribution in [0.1, 0.15) is 25.3 Å². The highest BCUT2D eigenvalue weighted by molar-refractivity contribution is 9.11. The van der Waals surface area contributed by atoms with Crippen LogP contribution in [0.3, 0.4) is 0 Å². The van der Waals surface area contributed by atoms with E-state index in [2.05, 4.69) is 44.5 Å². The first-order valence-electron chi connectivity index (χ1n) is 7.55. The summed E-state index contributed by atoms with van der Waals surface area (Å²) in [5.41, 5.74) is 1.64. The molecule has 1 N–H and O–H groups in total. The van der Waals surface area contributed by atoms with E-state index in [0.717, 1.165) is 45.4 Å². The predicted octanol–water partition coefficient (Wildman–Crippen LogP) is 3.09. The molecule has 4 nitrogen and oxygen atoms in total. The van der Waals surface area contributed by atoms with Crippen molar-refractivity contribution in [2.45, 2.75) is 26.3 Å². The molecule has 0 aromatic carbocycles. The molecule has 3 heterocycles. The summed E-state index contributed by atoms with van der Waals surface area (Å²) < 4.78 is 6.78. The van der Waals surface area contributed by atoms with Gasteiger partial charge in [-0.05, 0) is 52.7 Å². The monoisotopic (exact) mass is 371 g/mol. The maximum Gasteiger partial charge on any atom is 0.194 e. The van der Waals surface area contributed by atoms with E-state index in [0.29, 0.717) is 5.41 Å². The third-order valence-electron chi connectivity index (χ3n) is 4.29. The Balaban J connectivity index is 1.66. The largest absolute Gasteiger partial charge is 0.381 e. The van der Waals surface area contributed by atoms with E-state index in [-0.39, 0.29) is 0 Å². The molecule has 0 bridgehead atoms. The van der Waals surface area contributed by atoms with E-state index in [1.807, 2.05) is 0 Å². The number of thiophene rings is 1. The Morgan fingerprint density at radius 3 is 3.14 bits per heavy atom. The average molecular weight is 372 g/mol. The van der Waals surface area contributed by atoms with Gasteiger partial charge in [-0.3, -0.25) is 0 Å². The molecule has 1 atom stereocenters. The number of aliphatic imine (C=N–C) groups is 1. The summed E-state index contributed by atoms with van der Waals surface area (Å²) in [6.07, 6.45) is 2.42. The molecule has 1 unspecified atom stereocenters. The molecular weight excluding hydrogens is 350 g/mol. The minimum Gasteiger partial charge on any atom is -0.381 e. The first kappa shape index (κ1) is 15.3. The van der Waals surface area contributed by atoms with E-state index in [1.165, 1.54) is 22.2 Å². The molecule has 1 aromatic heterocycles. The number of hydrogen-bond acceptors (Lipinski definition) is 3. The lowest BCUT2D eigenvalue weighted by Gasteiger charge is -2.24. The lowest BCUT2D eigenvalue weighted by atomic mass is 9.87. The van der Waals surface area contributed by atoms with Gasteiger partial charge in [0.05, 0.1) is 16.9 Å². The quantitative estimate of drug-likeness (QED) is 0.655. The Kier molecular flexibility index (Phi) is 4.86. The topological polar surface area (TPSA) is 36.9 Å². The number of halogens is 1. The van der Waals surface area contributed by atoms with E-state index in [9.17, 15) is 0 Å². The third-order valence-corrected chi connectivity index (χ3v) is 5.84. The van der Waals surface area contributed by atoms with Crippen molar-refractivity contribution >= 4 is 33.2 Å². The summed E-state index contributed by atoms with van der Waals surface area (Å²) in [5, 5.41) is 5.59. The molecule has 2 saturated heterocycles. The standard InChI is InChI=1S/C15H22BrN3OS/c1-2-17-14(18-8-12-7-13(16)21-9-12)19-5-3-15(10-19)4-6-20-11-15/h7,9H,2-6,8,10-11H2,1H3,(H,17,18). The Morgan fingerprint density at radius 1 is 1.57 bits per heavy atom. The molecule has 1 spiro atoms. The highest BCUT2D eigenvalue weighted by Crippen LogP contribution is 2.38. The van der Waals surface area contributed by atoms with Crippen molar-refractivity contribution in [2.75, 3.05) is 32.8 Å². The van der Waals surface area contributed by atoms with E-state index >= 15 is 0 Å². The number of likely N-dealkylation sites (tertiary alicyclic amines) is 1. The highest BCUT2D eigenvalue weighted by Gasteiger charge is 2.42. The first-order chi connectivity index (χ1) is 10.2. The Morgan fingerprint density at radius 2 is 2.48 bits per heavy atom. The van der Waals surface area contributed by atoms with Crippen LogP contribution in [0.5, 0.6) is 0 Å². The van der Waals surface area contributed by atoms with E-state index < -0.39 is 0 Å². The number of guanidine groups is 1. The van der Waals surface area contributed by atoms with Crippen molar-refractivity contribution in [3.8, 4) is 0 Å². The fourth-order valence-corrected chi connectivity index (χ4v) is 4.31. The van der Waals surface area contributed by atoms with Crippen molar-refractivity contribution in [3.63, 3.8) is 0 Å². The van der Waals surface area contributed by atoms with Crippen molar-refractivity contribution < 1.29 is 4.74 Å². The zero-order valence-electron chi connectivity index (χ0n) is 12.4. The fourth-order valence-electron chi connectivity index (χ4n) is 3.11. The van der Waals surface area contributed by atoms with Crippen LogP contribution in [0.15, 0.2) is 20.2 Å². The zero-order valence-corrected chi connectivity index (χ0v) is 14.8. The second-order valence-electron chi connectivity index (χ2n) is 5.90. The number of ether oxygens (including phenoxy) is 1. The summed E-state index contributed by atoms with van der Waals surface area (Å²) in [4.78, 5) is 7.21. The van der Waals surface area contributed by atoms with Gasteiger partial charge in [-0.15, -0.1) is 11.3 Å². The van der Waals surface area contributed by atoms with Crippen LogP contribution in [0.25, 0.3) is 0 Å². The Hall–Kier alpha value is -0.590. The molecule has 0 aliphatic carbocycles. The van der Waals surface area contributed by atoms with Gasteiger partial charge in [0.2, 0.25) is 0 Å². The Labute approximate surface area is 138 Å². The molecule has 21 heavy (non-hydrogen) atoms. The summed E-state index contributed by atoms with van der Waals surface area (Å²) in [6.45, 7) is 7.78. The maximum absolute atomic E-state index is 5.61. The molecule has 0 amide bonds. The number of nitrogens with one attached hydrogen (secondary N) is 1. The number of rotatable bonds is 3. The Bertz CT molecular complexity index is 511. The zero-order chi connectivity index (χ0) is 14.7. The van der Waals surface area contributed by atoms with Crippen LogP contribution in [0.2, 0.25) is 0 Å². The fraction of sp³-hybridized carbons (Fsp3) is 0.667. The maximum atomic E-state index is 5.61. The lowest BCUT2D eigenvalue weighted by Crippen LogP contribution is -2.41. The summed E-state index contributed by atoms with van der Waals surface area (Å²) in [7, 11) is 0. The van der Waals surface area contributed by atoms with Gasteiger partial charge in [-0.2, -0.15) is 0 Å². The average Bonchev–Trinajstić information content (AvgIpc) is 3.19. The molecule has 2 aliphatic heterocycles. The second-order valence-corrected chi connectivity index (χ2v) is 8.19. The summed E-state index contributed by atoms with van der Waals surface area (Å²) in [6, 6.07) is 2.15. The van der Waals surface area contributed by atoms with Gasteiger partial charge in [-0.1, -0.05) is 0 Å². The molecule has 0 radical (unpaired) electrons. The van der Waals surface area contributed by atoms with E-state index in [4.69, 9.17) is 9.73 Å². The van der Waals surface area contributed by atoms with Crippen LogP contribution in [-0.2, 0) is 11.3 Å². The molecular formula is C15H22BrN3OS. The van der Waals surface area contributed by atoms with Crippen molar-refractivity contribution in [2.24, 2.45) is 10.4 Å². The van der Waals surface area contributed by atoms with Crippen molar-refractivity contribution in [1.29, 1.82) is 0 Å². The SMILES string of the molecule is CCNC(=NCc1csc(Br)c1)N1CCC2(CCOC2)C1. The van der Waals surface area contributed by atoms with Crippen LogP contribution >= 0.6 is 27.3 Å². The summed E-state index contributed by atoms with van der Waals surface area (Å²) >= 11 is 5.22. The van der Waals surface area contributed by atoms with Crippen LogP contribution in [0, 0.1) is 5.41 Å². The molecule has 2 fully saturated rings. The van der Waals surface area contributed by atoms with Crippen molar-refractivity contribution in [1.82, 2.24) is 10.2 Å². The smallest absolute Gasteiger partial charge is 0.194 e. The molecule has 1 aromatic rings. The van der Waals surface area contributed by atoms with Gasteiger partial charge in [0.1, 0.15) is 0 Å². The van der Waals surface area contributed by atoms with Crippen LogP contribution in [-0.4, -0.2) is 43.7 Å². The minimum atomic E-state index is 0.377. The van der Waals surface area contributed by atoms with Gasteiger partial charge in [0.15, 0.2) is 5.96 Å². The molecule has 6 heteroatoms. The normalized spacial score (nSPS) is 26.0. The number of hydrogen-bond donors (Lipinski definition) is 1. The predicted molar refractivity (Wildman–Crippen MR) is 90.9 cm³/mol. The number of nitrogens with zero attached hydrogens (tertiary/aromatic N) is 2. The van der Waals surface area contributed by atoms with Gasteiger partial charge in [0.25, 0.3) is 0 Å². The molecule has 2 aliphatic rings. The molecule has 3 rings (SSSR count). The summed E-state index contributed by atoms with van der Waals surface area (Å²) in [5.74, 6) is 1.04. The minimum absolute atomic E-state index is 0.377. The van der Waals surface area contributed by atoms with Gasteiger partial charge >= 0.3 is 0 Å². The lowest BCUT2D eigenvalue weighted by molar-refractivity contribution is 0.156. The first-order valence-corrected chi connectivity index (χ1v) is 9.22. The molecule has 116 valence electrons. The highest BCUT2D eigenvalue weighted by atomic mass is 79.9. The van der Waals surface area contributed by atoms with Gasteiger partial charge < -0.3 is 15.0 Å². The third kappa shape index (κ3) is 3.60. The van der Waals surface area contributed by atoms with Crippen LogP contribution in [0.4, 0.5) is 0 Å². The van der Waals surface area contributed by atoms with E-state index in [1.54, 1.807) is 11.3 Å². The van der Waals surface area contributed by atoms with Crippen LogP contribution < -0.4 is 5.32 Å².